The van der Waals surface area contributed by atoms with Gasteiger partial charge in [0.05, 0.1) is 4.90 Å². The van der Waals surface area contributed by atoms with Crippen molar-refractivity contribution in [2.75, 3.05) is 0 Å². The highest BCUT2D eigenvalue weighted by Gasteiger charge is 2.25. The molecule has 2 N–H and O–H groups in total. The minimum atomic E-state index is -3.60. The van der Waals surface area contributed by atoms with E-state index in [2.05, 4.69) is 0 Å². The van der Waals surface area contributed by atoms with Crippen LogP contribution in [0, 0.1) is 6.92 Å². The lowest BCUT2D eigenvalue weighted by Crippen LogP contribution is -2.17. The van der Waals surface area contributed by atoms with Crippen molar-refractivity contribution in [3.05, 3.63) is 29.3 Å². The Morgan fingerprint density at radius 3 is 2.44 bits per heavy atom. The molecule has 0 aromatic heterocycles. The summed E-state index contributed by atoms with van der Waals surface area (Å²) >= 11 is 0. The summed E-state index contributed by atoms with van der Waals surface area (Å²) in [6.45, 7) is 1.80. The Hall–Kier alpha value is -0.870. The summed E-state index contributed by atoms with van der Waals surface area (Å²) in [4.78, 5) is 0.349. The van der Waals surface area contributed by atoms with Crippen LogP contribution in [0.15, 0.2) is 23.1 Å². The highest BCUT2D eigenvalue weighted by molar-refractivity contribution is 7.89. The van der Waals surface area contributed by atoms with E-state index < -0.39 is 10.0 Å². The summed E-state index contributed by atoms with van der Waals surface area (Å²) in [5.41, 5.74) is 1.67. The van der Waals surface area contributed by atoms with Crippen molar-refractivity contribution in [2.24, 2.45) is 5.14 Å². The largest absolute Gasteiger partial charge is 0.238 e. The van der Waals surface area contributed by atoms with Crippen LogP contribution in [0.5, 0.6) is 0 Å². The maximum absolute atomic E-state index is 11.6. The van der Waals surface area contributed by atoms with Crippen molar-refractivity contribution in [1.29, 1.82) is 0 Å². The molecular weight excluding hydrogens is 222 g/mol. The van der Waals surface area contributed by atoms with Crippen LogP contribution < -0.4 is 5.14 Å². The molecule has 1 aliphatic carbocycles. The number of aryl methyl sites for hydroxylation is 1. The number of sulfonamides is 1. The Morgan fingerprint density at radius 2 is 1.88 bits per heavy atom. The molecule has 2 rings (SSSR count). The Labute approximate surface area is 96.7 Å². The van der Waals surface area contributed by atoms with Gasteiger partial charge >= 0.3 is 0 Å². The first-order chi connectivity index (χ1) is 7.50. The number of benzene rings is 1. The zero-order valence-corrected chi connectivity index (χ0v) is 10.3. The Bertz CT molecular complexity index is 488. The maximum atomic E-state index is 11.6. The molecule has 0 bridgehead atoms. The van der Waals surface area contributed by atoms with E-state index in [9.17, 15) is 8.42 Å². The molecule has 0 radical (unpaired) electrons. The fourth-order valence-electron chi connectivity index (χ4n) is 2.62. The lowest BCUT2D eigenvalue weighted by Gasteiger charge is -2.15. The molecule has 16 heavy (non-hydrogen) atoms. The van der Waals surface area contributed by atoms with E-state index in [0.717, 1.165) is 24.0 Å². The quantitative estimate of drug-likeness (QED) is 0.860. The van der Waals surface area contributed by atoms with Crippen molar-refractivity contribution in [3.63, 3.8) is 0 Å². The van der Waals surface area contributed by atoms with Crippen LogP contribution in [-0.4, -0.2) is 8.42 Å². The Kier molecular flexibility index (Phi) is 3.04. The molecule has 1 aliphatic rings. The first-order valence-corrected chi connectivity index (χ1v) is 7.17. The van der Waals surface area contributed by atoms with Gasteiger partial charge in [0.25, 0.3) is 0 Å². The smallest absolute Gasteiger partial charge is 0.225 e. The fourth-order valence-corrected chi connectivity index (χ4v) is 3.70. The van der Waals surface area contributed by atoms with Gasteiger partial charge in [0, 0.05) is 0 Å². The van der Waals surface area contributed by atoms with Gasteiger partial charge in [-0.05, 0) is 36.8 Å². The summed E-state index contributed by atoms with van der Waals surface area (Å²) in [5, 5.41) is 5.30. The highest BCUT2D eigenvalue weighted by atomic mass is 32.2. The highest BCUT2D eigenvalue weighted by Crippen LogP contribution is 2.37. The van der Waals surface area contributed by atoms with E-state index in [1.165, 1.54) is 12.8 Å². The Balaban J connectivity index is 2.56. The zero-order chi connectivity index (χ0) is 11.8. The molecule has 3 nitrogen and oxygen atoms in total. The predicted molar refractivity (Wildman–Crippen MR) is 63.8 cm³/mol. The van der Waals surface area contributed by atoms with Gasteiger partial charge in [0.2, 0.25) is 10.0 Å². The third kappa shape index (κ3) is 2.13. The van der Waals surface area contributed by atoms with E-state index in [4.69, 9.17) is 5.14 Å². The van der Waals surface area contributed by atoms with Crippen LogP contribution in [0.25, 0.3) is 0 Å². The van der Waals surface area contributed by atoms with Gasteiger partial charge in [0.15, 0.2) is 0 Å². The second kappa shape index (κ2) is 4.18. The number of hydrogen-bond donors (Lipinski definition) is 1. The molecule has 0 spiro atoms. The topological polar surface area (TPSA) is 60.2 Å². The fraction of sp³-hybridized carbons (Fsp3) is 0.500. The third-order valence-electron chi connectivity index (χ3n) is 3.32. The van der Waals surface area contributed by atoms with E-state index >= 15 is 0 Å². The summed E-state index contributed by atoms with van der Waals surface area (Å²) < 4.78 is 23.2. The SMILES string of the molecule is Cc1cccc(C2CCCC2)c1S(N)(=O)=O. The molecule has 0 aliphatic heterocycles. The molecule has 1 aromatic rings. The molecule has 0 amide bonds. The van der Waals surface area contributed by atoms with Crippen LogP contribution in [0.1, 0.15) is 42.7 Å². The minimum Gasteiger partial charge on any atom is -0.225 e. The molecule has 0 saturated heterocycles. The molecule has 0 unspecified atom stereocenters. The van der Waals surface area contributed by atoms with Crippen molar-refractivity contribution >= 4 is 10.0 Å². The molecular formula is C12H17NO2S. The van der Waals surface area contributed by atoms with Crippen LogP contribution in [0.4, 0.5) is 0 Å². The summed E-state index contributed by atoms with van der Waals surface area (Å²) in [6, 6.07) is 5.62. The number of nitrogens with two attached hydrogens (primary N) is 1. The van der Waals surface area contributed by atoms with Gasteiger partial charge in [-0.25, -0.2) is 13.6 Å². The van der Waals surface area contributed by atoms with Gasteiger partial charge < -0.3 is 0 Å². The Morgan fingerprint density at radius 1 is 1.25 bits per heavy atom. The van der Waals surface area contributed by atoms with Gasteiger partial charge in [-0.1, -0.05) is 31.0 Å². The average molecular weight is 239 g/mol. The number of rotatable bonds is 2. The molecule has 1 saturated carbocycles. The van der Waals surface area contributed by atoms with Gasteiger partial charge in [-0.2, -0.15) is 0 Å². The van der Waals surface area contributed by atoms with E-state index in [1.807, 2.05) is 12.1 Å². The van der Waals surface area contributed by atoms with Gasteiger partial charge in [0.1, 0.15) is 0 Å². The second-order valence-corrected chi connectivity index (χ2v) is 6.02. The van der Waals surface area contributed by atoms with Crippen molar-refractivity contribution in [1.82, 2.24) is 0 Å². The number of primary sulfonamides is 1. The molecule has 1 aromatic carbocycles. The van der Waals surface area contributed by atoms with Crippen molar-refractivity contribution in [2.45, 2.75) is 43.4 Å². The molecule has 0 heterocycles. The molecule has 0 atom stereocenters. The molecule has 4 heteroatoms. The maximum Gasteiger partial charge on any atom is 0.238 e. The standard InChI is InChI=1S/C12H17NO2S/c1-9-5-4-8-11(10-6-2-3-7-10)12(9)16(13,14)15/h4-5,8,10H,2-3,6-7H2,1H3,(H2,13,14,15). The monoisotopic (exact) mass is 239 g/mol. The normalized spacial score (nSPS) is 17.9. The number of hydrogen-bond acceptors (Lipinski definition) is 2. The average Bonchev–Trinajstić information content (AvgIpc) is 2.67. The van der Waals surface area contributed by atoms with E-state index in [-0.39, 0.29) is 0 Å². The van der Waals surface area contributed by atoms with E-state index in [0.29, 0.717) is 10.8 Å². The summed E-state index contributed by atoms with van der Waals surface area (Å²) in [6.07, 6.45) is 4.52. The first kappa shape index (κ1) is 11.6. The van der Waals surface area contributed by atoms with Crippen LogP contribution in [-0.2, 0) is 10.0 Å². The van der Waals surface area contributed by atoms with Gasteiger partial charge in [-0.15, -0.1) is 0 Å². The van der Waals surface area contributed by atoms with Crippen LogP contribution in [0.2, 0.25) is 0 Å². The second-order valence-electron chi connectivity index (χ2n) is 4.52. The summed E-state index contributed by atoms with van der Waals surface area (Å²) in [7, 11) is -3.60. The summed E-state index contributed by atoms with van der Waals surface area (Å²) in [5.74, 6) is 0.369. The first-order valence-electron chi connectivity index (χ1n) is 5.62. The lowest BCUT2D eigenvalue weighted by molar-refractivity contribution is 0.592. The van der Waals surface area contributed by atoms with E-state index in [1.54, 1.807) is 13.0 Å². The molecule has 1 fully saturated rings. The van der Waals surface area contributed by atoms with Crippen molar-refractivity contribution < 1.29 is 8.42 Å². The van der Waals surface area contributed by atoms with Crippen LogP contribution in [0.3, 0.4) is 0 Å². The molecule has 88 valence electrons. The van der Waals surface area contributed by atoms with Gasteiger partial charge in [-0.3, -0.25) is 0 Å². The minimum absolute atomic E-state index is 0.349. The van der Waals surface area contributed by atoms with Crippen molar-refractivity contribution in [3.8, 4) is 0 Å². The lowest BCUT2D eigenvalue weighted by atomic mass is 9.96. The van der Waals surface area contributed by atoms with Crippen LogP contribution >= 0.6 is 0 Å². The predicted octanol–water partition coefficient (Wildman–Crippen LogP) is 2.30. The third-order valence-corrected chi connectivity index (χ3v) is 4.45. The zero-order valence-electron chi connectivity index (χ0n) is 9.44.